The van der Waals surface area contributed by atoms with Crippen molar-refractivity contribution in [2.75, 3.05) is 40.9 Å². The van der Waals surface area contributed by atoms with Crippen LogP contribution >= 0.6 is 7.82 Å². The van der Waals surface area contributed by atoms with Gasteiger partial charge in [0, 0.05) is 6.42 Å². The van der Waals surface area contributed by atoms with Gasteiger partial charge in [0.05, 0.1) is 39.9 Å². The third-order valence-electron chi connectivity index (χ3n) is 10.8. The fourth-order valence-electron chi connectivity index (χ4n) is 6.90. The zero-order chi connectivity index (χ0) is 44.3. The molecule has 60 heavy (non-hydrogen) atoms. The van der Waals surface area contributed by atoms with Gasteiger partial charge in [0.25, 0.3) is 0 Å². The molecule has 3 N–H and O–H groups in total. The standard InChI is InChI=1S/C51H95N2O6P/c1-6-8-10-12-14-16-18-20-22-24-26-28-30-32-34-36-38-40-42-44-50(54)49(48-59-60(56,57)58-47-46-53(3,4)5)52-51(55)45-43-41-39-37-35-33-31-29-27-25-23-21-19-17-15-13-11-9-7-2/h9,11,15,17,21,23,27,29,33,35,49-50,54H,6-8,10,12-14,16,18-20,22,24-26,28,30-32,34,36-48H2,1-5H3,(H-,52,55,56,57)/p+1/b11-9-,17-15-,23-21-,29-27-,35-33-. The Morgan fingerprint density at radius 2 is 1.00 bits per heavy atom. The molecule has 0 aromatic heterocycles. The number of aliphatic hydroxyl groups is 1. The maximum absolute atomic E-state index is 12.9. The lowest BCUT2D eigenvalue weighted by Gasteiger charge is -2.26. The molecule has 0 rings (SSSR count). The van der Waals surface area contributed by atoms with E-state index in [1.807, 2.05) is 21.1 Å². The summed E-state index contributed by atoms with van der Waals surface area (Å²) in [4.78, 5) is 23.2. The highest BCUT2D eigenvalue weighted by Gasteiger charge is 2.28. The lowest BCUT2D eigenvalue weighted by Crippen LogP contribution is -2.46. The van der Waals surface area contributed by atoms with Gasteiger partial charge in [-0.1, -0.05) is 203 Å². The summed E-state index contributed by atoms with van der Waals surface area (Å²) in [5.74, 6) is -0.176. The number of quaternary nitrogens is 1. The predicted octanol–water partition coefficient (Wildman–Crippen LogP) is 14.2. The molecule has 1 amide bonds. The summed E-state index contributed by atoms with van der Waals surface area (Å²) in [6.07, 6.45) is 55.4. The zero-order valence-electron chi connectivity index (χ0n) is 39.7. The first-order valence-corrected chi connectivity index (χ1v) is 26.1. The Morgan fingerprint density at radius 1 is 0.583 bits per heavy atom. The summed E-state index contributed by atoms with van der Waals surface area (Å²) < 4.78 is 23.7. The molecule has 0 aliphatic heterocycles. The third-order valence-corrected chi connectivity index (χ3v) is 11.8. The van der Waals surface area contributed by atoms with Crippen molar-refractivity contribution in [3.05, 3.63) is 60.8 Å². The third kappa shape index (κ3) is 44.3. The Bertz CT molecular complexity index is 1160. The molecular weight excluding hydrogens is 768 g/mol. The van der Waals surface area contributed by atoms with Gasteiger partial charge in [-0.3, -0.25) is 13.8 Å². The number of aliphatic hydroxyl groups excluding tert-OH is 1. The molecule has 3 unspecified atom stereocenters. The van der Waals surface area contributed by atoms with Crippen molar-refractivity contribution in [2.24, 2.45) is 0 Å². The van der Waals surface area contributed by atoms with Crippen LogP contribution in [0.5, 0.6) is 0 Å². The van der Waals surface area contributed by atoms with E-state index in [4.69, 9.17) is 9.05 Å². The maximum Gasteiger partial charge on any atom is 0.472 e. The van der Waals surface area contributed by atoms with Crippen molar-refractivity contribution in [2.45, 2.75) is 219 Å². The number of rotatable bonds is 44. The van der Waals surface area contributed by atoms with Gasteiger partial charge in [-0.25, -0.2) is 4.57 Å². The van der Waals surface area contributed by atoms with Crippen molar-refractivity contribution in [1.29, 1.82) is 0 Å². The van der Waals surface area contributed by atoms with Crippen LogP contribution in [0.2, 0.25) is 0 Å². The maximum atomic E-state index is 12.9. The van der Waals surface area contributed by atoms with Crippen LogP contribution in [-0.2, 0) is 18.4 Å². The molecule has 9 heteroatoms. The van der Waals surface area contributed by atoms with E-state index in [0.29, 0.717) is 23.9 Å². The van der Waals surface area contributed by atoms with E-state index in [-0.39, 0.29) is 19.1 Å². The molecule has 0 aromatic rings. The molecule has 0 radical (unpaired) electrons. The molecule has 3 atom stereocenters. The SMILES string of the molecule is CC/C=C\C/C=C\C/C=C\C/C=C\C/C=C\CCCCCC(=O)NC(COP(=O)(O)OCC[N+](C)(C)C)C(O)CCCCCCCCCCCCCCCCCCCCC. The van der Waals surface area contributed by atoms with E-state index in [2.05, 4.69) is 79.9 Å². The first-order chi connectivity index (χ1) is 29.0. The van der Waals surface area contributed by atoms with E-state index in [1.165, 1.54) is 103 Å². The Morgan fingerprint density at radius 3 is 1.45 bits per heavy atom. The van der Waals surface area contributed by atoms with Gasteiger partial charge in [-0.15, -0.1) is 0 Å². The van der Waals surface area contributed by atoms with E-state index in [1.54, 1.807) is 0 Å². The van der Waals surface area contributed by atoms with Gasteiger partial charge in [-0.2, -0.15) is 0 Å². The number of carbonyl (C=O) groups is 1. The predicted molar refractivity (Wildman–Crippen MR) is 258 cm³/mol. The molecule has 0 fully saturated rings. The highest BCUT2D eigenvalue weighted by molar-refractivity contribution is 7.47. The second-order valence-electron chi connectivity index (χ2n) is 17.8. The number of carbonyl (C=O) groups excluding carboxylic acids is 1. The van der Waals surface area contributed by atoms with E-state index >= 15 is 0 Å². The molecule has 0 saturated carbocycles. The number of nitrogens with one attached hydrogen (secondary N) is 1. The van der Waals surface area contributed by atoms with Crippen LogP contribution in [0.1, 0.15) is 206 Å². The number of likely N-dealkylation sites (N-methyl/N-ethyl adjacent to an activating group) is 1. The molecule has 0 aliphatic rings. The van der Waals surface area contributed by atoms with Crippen LogP contribution in [0, 0.1) is 0 Å². The number of hydrogen-bond acceptors (Lipinski definition) is 5. The average molecular weight is 864 g/mol. The largest absolute Gasteiger partial charge is 0.472 e. The van der Waals surface area contributed by atoms with Gasteiger partial charge in [0.2, 0.25) is 5.91 Å². The molecule has 350 valence electrons. The van der Waals surface area contributed by atoms with E-state index in [0.717, 1.165) is 77.0 Å². The molecule has 0 bridgehead atoms. The number of allylic oxidation sites excluding steroid dienone is 10. The van der Waals surface area contributed by atoms with Crippen LogP contribution in [-0.4, -0.2) is 73.4 Å². The number of hydrogen-bond donors (Lipinski definition) is 3. The summed E-state index contributed by atoms with van der Waals surface area (Å²) in [6, 6.07) is -0.781. The molecule has 0 saturated heterocycles. The lowest BCUT2D eigenvalue weighted by molar-refractivity contribution is -0.870. The van der Waals surface area contributed by atoms with Crippen molar-refractivity contribution in [3.63, 3.8) is 0 Å². The molecule has 0 aliphatic carbocycles. The summed E-state index contributed by atoms with van der Waals surface area (Å²) in [6.45, 7) is 4.75. The first-order valence-electron chi connectivity index (χ1n) is 24.7. The highest BCUT2D eigenvalue weighted by Crippen LogP contribution is 2.43. The number of unbranched alkanes of at least 4 members (excludes halogenated alkanes) is 21. The highest BCUT2D eigenvalue weighted by atomic mass is 31.2. The smallest absolute Gasteiger partial charge is 0.391 e. The van der Waals surface area contributed by atoms with E-state index in [9.17, 15) is 19.4 Å². The van der Waals surface area contributed by atoms with E-state index < -0.39 is 20.0 Å². The summed E-state index contributed by atoms with van der Waals surface area (Å²) >= 11 is 0. The first kappa shape index (κ1) is 58.2. The summed E-state index contributed by atoms with van der Waals surface area (Å²) in [7, 11) is 1.59. The summed E-state index contributed by atoms with van der Waals surface area (Å²) in [5, 5.41) is 14.0. The molecule has 0 spiro atoms. The van der Waals surface area contributed by atoms with Gasteiger partial charge in [-0.05, 0) is 57.8 Å². The average Bonchev–Trinajstić information content (AvgIpc) is 3.20. The molecule has 0 aromatic carbocycles. The molecule has 0 heterocycles. The number of phosphoric acid groups is 1. The lowest BCUT2D eigenvalue weighted by atomic mass is 10.0. The van der Waals surface area contributed by atoms with Crippen molar-refractivity contribution in [3.8, 4) is 0 Å². The van der Waals surface area contributed by atoms with Crippen LogP contribution in [0.4, 0.5) is 0 Å². The Kier molecular flexibility index (Phi) is 41.2. The van der Waals surface area contributed by atoms with Crippen LogP contribution in [0.3, 0.4) is 0 Å². The quantitative estimate of drug-likeness (QED) is 0.0244. The minimum absolute atomic E-state index is 0.0653. The van der Waals surface area contributed by atoms with Gasteiger partial charge < -0.3 is 19.8 Å². The van der Waals surface area contributed by atoms with Crippen molar-refractivity contribution < 1.29 is 32.9 Å². The Labute approximate surface area is 371 Å². The Balaban J connectivity index is 4.37. The van der Waals surface area contributed by atoms with Crippen LogP contribution < -0.4 is 5.32 Å². The fraction of sp³-hybridized carbons (Fsp3) is 0.784. The second kappa shape index (κ2) is 42.5. The topological polar surface area (TPSA) is 105 Å². The minimum atomic E-state index is -4.33. The normalized spacial score (nSPS) is 14.7. The monoisotopic (exact) mass is 864 g/mol. The molecule has 8 nitrogen and oxygen atoms in total. The van der Waals surface area contributed by atoms with Crippen molar-refractivity contribution in [1.82, 2.24) is 5.32 Å². The minimum Gasteiger partial charge on any atom is -0.391 e. The van der Waals surface area contributed by atoms with Crippen LogP contribution in [0.15, 0.2) is 60.8 Å². The van der Waals surface area contributed by atoms with Crippen LogP contribution in [0.25, 0.3) is 0 Å². The summed E-state index contributed by atoms with van der Waals surface area (Å²) in [5.41, 5.74) is 0. The molecular formula is C51H96N2O6P+. The number of phosphoric ester groups is 1. The van der Waals surface area contributed by atoms with Gasteiger partial charge in [0.15, 0.2) is 0 Å². The van der Waals surface area contributed by atoms with Gasteiger partial charge >= 0.3 is 7.82 Å². The van der Waals surface area contributed by atoms with Gasteiger partial charge in [0.1, 0.15) is 13.2 Å². The fourth-order valence-corrected chi connectivity index (χ4v) is 7.63. The zero-order valence-corrected chi connectivity index (χ0v) is 40.6. The van der Waals surface area contributed by atoms with Crippen molar-refractivity contribution >= 4 is 13.7 Å². The second-order valence-corrected chi connectivity index (χ2v) is 19.3. The Hall–Kier alpha value is -1.80. The number of nitrogens with zero attached hydrogens (tertiary/aromatic N) is 1. The number of amides is 1.